The number of carboxylic acid groups (broad SMARTS) is 1. The number of hydrogen-bond donors (Lipinski definition) is 3. The molecule has 0 aromatic rings. The lowest BCUT2D eigenvalue weighted by Gasteiger charge is -2.26. The zero-order valence-corrected chi connectivity index (χ0v) is 10.1. The third-order valence-corrected chi connectivity index (χ3v) is 3.22. The van der Waals surface area contributed by atoms with Gasteiger partial charge >= 0.3 is 5.97 Å². The Morgan fingerprint density at radius 2 is 2.11 bits per heavy atom. The Hall–Kier alpha value is -0.770. The first kappa shape index (κ1) is 13.7. The van der Waals surface area contributed by atoms with Gasteiger partial charge in [-0.15, -0.1) is 0 Å². The molecule has 0 bridgehead atoms. The van der Waals surface area contributed by atoms with Crippen molar-refractivity contribution in [1.29, 1.82) is 0 Å². The second-order valence-corrected chi connectivity index (χ2v) is 4.18. The van der Waals surface area contributed by atoms with Gasteiger partial charge in [0.15, 0.2) is 6.29 Å². The molecule has 0 saturated carbocycles. The fourth-order valence-electron chi connectivity index (χ4n) is 2.31. The Morgan fingerprint density at radius 3 is 2.67 bits per heavy atom. The third-order valence-electron chi connectivity index (χ3n) is 3.22. The Balaban J connectivity index is 2.10. The molecular formula is C10H17NO7. The molecule has 6 atom stereocenters. The summed E-state index contributed by atoms with van der Waals surface area (Å²) in [5, 5.41) is 21.6. The highest BCUT2D eigenvalue weighted by Crippen LogP contribution is 2.33. The molecule has 2 rings (SSSR count). The number of aliphatic hydroxyl groups is 1. The van der Waals surface area contributed by atoms with Crippen molar-refractivity contribution in [2.24, 2.45) is 0 Å². The highest BCUT2D eigenvalue weighted by molar-refractivity contribution is 5.74. The molecule has 0 radical (unpaired) electrons. The van der Waals surface area contributed by atoms with Crippen LogP contribution in [0.5, 0.6) is 0 Å². The van der Waals surface area contributed by atoms with E-state index < -0.39 is 42.7 Å². The lowest BCUT2D eigenvalue weighted by Crippen LogP contribution is -2.53. The van der Waals surface area contributed by atoms with Crippen molar-refractivity contribution in [2.45, 2.75) is 36.7 Å². The highest BCUT2D eigenvalue weighted by Gasteiger charge is 2.54. The quantitative estimate of drug-likeness (QED) is 0.530. The Morgan fingerprint density at radius 1 is 1.44 bits per heavy atom. The van der Waals surface area contributed by atoms with Crippen LogP contribution >= 0.6 is 0 Å². The fraction of sp³-hybridized carbons (Fsp3) is 0.900. The molecule has 0 aliphatic carbocycles. The smallest absolute Gasteiger partial charge is 0.323 e. The van der Waals surface area contributed by atoms with Crippen molar-refractivity contribution in [3.8, 4) is 0 Å². The normalized spacial score (nSPS) is 38.4. The average molecular weight is 263 g/mol. The molecule has 0 aromatic heterocycles. The second-order valence-electron chi connectivity index (χ2n) is 4.18. The predicted octanol–water partition coefficient (Wildman–Crippen LogP) is -1.87. The van der Waals surface area contributed by atoms with Gasteiger partial charge in [-0.3, -0.25) is 4.79 Å². The maximum Gasteiger partial charge on any atom is 0.323 e. The van der Waals surface area contributed by atoms with Crippen molar-refractivity contribution < 1.29 is 34.0 Å². The van der Waals surface area contributed by atoms with E-state index in [1.165, 1.54) is 14.2 Å². The van der Waals surface area contributed by atoms with Crippen LogP contribution in [-0.2, 0) is 23.7 Å². The van der Waals surface area contributed by atoms with Gasteiger partial charge in [0.05, 0.1) is 0 Å². The number of nitrogens with one attached hydrogen (secondary N) is 1. The van der Waals surface area contributed by atoms with Gasteiger partial charge in [0.1, 0.15) is 37.3 Å². The summed E-state index contributed by atoms with van der Waals surface area (Å²) >= 11 is 0. The Labute approximate surface area is 104 Å². The van der Waals surface area contributed by atoms with Crippen LogP contribution in [0.25, 0.3) is 0 Å². The van der Waals surface area contributed by atoms with Crippen molar-refractivity contribution in [2.75, 3.05) is 21.0 Å². The zero-order chi connectivity index (χ0) is 13.3. The highest BCUT2D eigenvalue weighted by atomic mass is 16.8. The summed E-state index contributed by atoms with van der Waals surface area (Å²) < 4.78 is 21.1. The minimum atomic E-state index is -1.26. The first-order valence-electron chi connectivity index (χ1n) is 5.59. The molecular weight excluding hydrogens is 246 g/mol. The van der Waals surface area contributed by atoms with Crippen molar-refractivity contribution >= 4 is 5.97 Å². The number of methoxy groups -OCH3 is 1. The number of rotatable bonds is 5. The molecule has 104 valence electrons. The standard InChI is InChI=1S/C10H17NO7/c1-11-4(9(13)14)5(12)6-7-8(17-3-16-7)10(15-2)18-6/h4-8,10-12H,3H2,1-2H3,(H,13,14)/t4-,5-,6-,7-,8-,10-/m1/s1. The topological polar surface area (TPSA) is 106 Å². The van der Waals surface area contributed by atoms with E-state index in [9.17, 15) is 9.90 Å². The number of fused-ring (bicyclic) bond motifs is 1. The monoisotopic (exact) mass is 263 g/mol. The molecule has 2 saturated heterocycles. The van der Waals surface area contributed by atoms with E-state index in [1.807, 2.05) is 0 Å². The number of aliphatic hydroxyl groups excluding tert-OH is 1. The van der Waals surface area contributed by atoms with Gasteiger partial charge < -0.3 is 34.5 Å². The number of carboxylic acids is 1. The summed E-state index contributed by atoms with van der Waals surface area (Å²) in [7, 11) is 2.90. The summed E-state index contributed by atoms with van der Waals surface area (Å²) in [5.41, 5.74) is 0. The maximum atomic E-state index is 11.0. The van der Waals surface area contributed by atoms with Crippen LogP contribution in [-0.4, -0.2) is 73.9 Å². The van der Waals surface area contributed by atoms with Crippen molar-refractivity contribution in [3.63, 3.8) is 0 Å². The van der Waals surface area contributed by atoms with E-state index >= 15 is 0 Å². The molecule has 3 N–H and O–H groups in total. The van der Waals surface area contributed by atoms with E-state index in [1.54, 1.807) is 0 Å². The third kappa shape index (κ3) is 2.22. The minimum Gasteiger partial charge on any atom is -0.480 e. The van der Waals surface area contributed by atoms with E-state index in [2.05, 4.69) is 5.32 Å². The van der Waals surface area contributed by atoms with Crippen LogP contribution in [0.4, 0.5) is 0 Å². The van der Waals surface area contributed by atoms with Gasteiger partial charge in [-0.05, 0) is 7.05 Å². The van der Waals surface area contributed by atoms with E-state index in [4.69, 9.17) is 24.1 Å². The molecule has 2 heterocycles. The molecule has 0 unspecified atom stereocenters. The molecule has 2 fully saturated rings. The number of carbonyl (C=O) groups is 1. The lowest BCUT2D eigenvalue weighted by atomic mass is 10.00. The van der Waals surface area contributed by atoms with Crippen LogP contribution in [0, 0.1) is 0 Å². The number of likely N-dealkylation sites (N-methyl/N-ethyl adjacent to an activating group) is 1. The summed E-state index contributed by atoms with van der Waals surface area (Å²) in [6.45, 7) is 0.0824. The lowest BCUT2D eigenvalue weighted by molar-refractivity contribution is -0.193. The van der Waals surface area contributed by atoms with Crippen LogP contribution in [0.1, 0.15) is 0 Å². The van der Waals surface area contributed by atoms with Gasteiger partial charge in [0, 0.05) is 7.11 Å². The van der Waals surface area contributed by atoms with Crippen LogP contribution in [0.3, 0.4) is 0 Å². The SMILES string of the molecule is CN[C@@H](C(=O)O)[C@@H](O)[C@H]1O[C@@H](OC)[C@@H]2OCO[C@H]12. The van der Waals surface area contributed by atoms with E-state index in [0.717, 1.165) is 0 Å². The Bertz CT molecular complexity index is 313. The van der Waals surface area contributed by atoms with Crippen LogP contribution in [0.2, 0.25) is 0 Å². The average Bonchev–Trinajstić information content (AvgIpc) is 2.89. The first-order chi connectivity index (χ1) is 8.60. The van der Waals surface area contributed by atoms with Gasteiger partial charge in [0.25, 0.3) is 0 Å². The number of ether oxygens (including phenoxy) is 4. The van der Waals surface area contributed by atoms with Gasteiger partial charge in [-0.25, -0.2) is 0 Å². The molecule has 0 amide bonds. The molecule has 2 aliphatic heterocycles. The zero-order valence-electron chi connectivity index (χ0n) is 10.1. The van der Waals surface area contributed by atoms with Gasteiger partial charge in [-0.2, -0.15) is 0 Å². The van der Waals surface area contributed by atoms with Crippen molar-refractivity contribution in [3.05, 3.63) is 0 Å². The predicted molar refractivity (Wildman–Crippen MR) is 56.8 cm³/mol. The van der Waals surface area contributed by atoms with Gasteiger partial charge in [0.2, 0.25) is 0 Å². The maximum absolute atomic E-state index is 11.0. The first-order valence-corrected chi connectivity index (χ1v) is 5.59. The molecule has 18 heavy (non-hydrogen) atoms. The minimum absolute atomic E-state index is 0.0824. The molecule has 0 spiro atoms. The molecule has 8 nitrogen and oxygen atoms in total. The van der Waals surface area contributed by atoms with Gasteiger partial charge in [-0.1, -0.05) is 0 Å². The summed E-state index contributed by atoms with van der Waals surface area (Å²) in [6.07, 6.45) is -3.71. The number of aliphatic carboxylic acids is 1. The summed E-state index contributed by atoms with van der Waals surface area (Å²) in [6, 6.07) is -1.14. The largest absolute Gasteiger partial charge is 0.480 e. The van der Waals surface area contributed by atoms with E-state index in [-0.39, 0.29) is 6.79 Å². The van der Waals surface area contributed by atoms with E-state index in [0.29, 0.717) is 0 Å². The summed E-state index contributed by atoms with van der Waals surface area (Å²) in [5.74, 6) is -1.16. The number of hydrogen-bond acceptors (Lipinski definition) is 7. The molecule has 2 aliphatic rings. The van der Waals surface area contributed by atoms with Crippen LogP contribution in [0.15, 0.2) is 0 Å². The van der Waals surface area contributed by atoms with Crippen LogP contribution < -0.4 is 5.32 Å². The Kier molecular flexibility index (Phi) is 4.15. The fourth-order valence-corrected chi connectivity index (χ4v) is 2.31. The molecule has 8 heteroatoms. The second kappa shape index (κ2) is 5.47. The summed E-state index contributed by atoms with van der Waals surface area (Å²) in [4.78, 5) is 11.0. The molecule has 0 aromatic carbocycles. The van der Waals surface area contributed by atoms with Crippen molar-refractivity contribution in [1.82, 2.24) is 5.32 Å².